The first kappa shape index (κ1) is 20.1. The Balaban J connectivity index is 1.70. The molecule has 0 N–H and O–H groups in total. The molecule has 3 heterocycles. The van der Waals surface area contributed by atoms with Gasteiger partial charge in [-0.1, -0.05) is 12.1 Å². The van der Waals surface area contributed by atoms with Crippen molar-refractivity contribution in [3.8, 4) is 5.75 Å². The van der Waals surface area contributed by atoms with E-state index in [9.17, 15) is 9.59 Å². The van der Waals surface area contributed by atoms with Crippen molar-refractivity contribution in [2.75, 3.05) is 39.8 Å². The minimum atomic E-state index is -0.255. The van der Waals surface area contributed by atoms with Gasteiger partial charge in [-0.05, 0) is 49.4 Å². The number of hydrogen-bond acceptors (Lipinski definition) is 6. The highest BCUT2D eigenvalue weighted by Gasteiger charge is 2.42. The zero-order valence-electron chi connectivity index (χ0n) is 17.4. The molecule has 1 saturated heterocycles. The van der Waals surface area contributed by atoms with Gasteiger partial charge in [-0.25, -0.2) is 0 Å². The maximum Gasteiger partial charge on any atom is 0.278 e. The summed E-state index contributed by atoms with van der Waals surface area (Å²) in [5.74, 6) is 0.258. The number of piperazine rings is 1. The van der Waals surface area contributed by atoms with E-state index in [0.29, 0.717) is 31.0 Å². The summed E-state index contributed by atoms with van der Waals surface area (Å²) in [4.78, 5) is 36.5. The van der Waals surface area contributed by atoms with E-state index in [4.69, 9.17) is 4.74 Å². The molecule has 2 aliphatic rings. The van der Waals surface area contributed by atoms with Gasteiger partial charge in [0.2, 0.25) is 0 Å². The molecule has 0 radical (unpaired) electrons. The van der Waals surface area contributed by atoms with Crippen LogP contribution >= 0.6 is 0 Å². The SMILES string of the molecule is CCOc1ccc(C2=C(N3CCN(C)CC3)C(=O)N(Cc3ccncc3)C2=O)cc1. The number of imide groups is 1. The van der Waals surface area contributed by atoms with Gasteiger partial charge in [-0.2, -0.15) is 0 Å². The predicted molar refractivity (Wildman–Crippen MR) is 113 cm³/mol. The summed E-state index contributed by atoms with van der Waals surface area (Å²) in [5.41, 5.74) is 2.59. The van der Waals surface area contributed by atoms with Crippen LogP contribution < -0.4 is 4.74 Å². The van der Waals surface area contributed by atoms with Gasteiger partial charge < -0.3 is 14.5 Å². The van der Waals surface area contributed by atoms with E-state index in [0.717, 1.165) is 30.0 Å². The topological polar surface area (TPSA) is 66.0 Å². The van der Waals surface area contributed by atoms with Gasteiger partial charge in [-0.15, -0.1) is 0 Å². The highest BCUT2D eigenvalue weighted by molar-refractivity contribution is 6.35. The Kier molecular flexibility index (Phi) is 5.81. The number of benzene rings is 1. The average Bonchev–Trinajstić information content (AvgIpc) is 3.01. The van der Waals surface area contributed by atoms with Crippen LogP contribution in [0.2, 0.25) is 0 Å². The van der Waals surface area contributed by atoms with E-state index >= 15 is 0 Å². The number of nitrogens with zero attached hydrogens (tertiary/aromatic N) is 4. The monoisotopic (exact) mass is 406 g/mol. The molecule has 0 unspecified atom stereocenters. The molecule has 0 saturated carbocycles. The zero-order chi connectivity index (χ0) is 21.1. The second-order valence-electron chi connectivity index (χ2n) is 7.52. The number of aromatic nitrogens is 1. The molecule has 30 heavy (non-hydrogen) atoms. The lowest BCUT2D eigenvalue weighted by Crippen LogP contribution is -2.46. The highest BCUT2D eigenvalue weighted by atomic mass is 16.5. The Morgan fingerprint density at radius 1 is 0.933 bits per heavy atom. The molecule has 7 nitrogen and oxygen atoms in total. The van der Waals surface area contributed by atoms with Gasteiger partial charge in [-0.3, -0.25) is 19.5 Å². The zero-order valence-corrected chi connectivity index (χ0v) is 17.4. The molecule has 1 aromatic carbocycles. The van der Waals surface area contributed by atoms with Gasteiger partial charge in [0, 0.05) is 38.6 Å². The Labute approximate surface area is 176 Å². The third kappa shape index (κ3) is 3.93. The first-order valence-corrected chi connectivity index (χ1v) is 10.2. The molecule has 2 aromatic rings. The summed E-state index contributed by atoms with van der Waals surface area (Å²) in [6.45, 7) is 5.88. The molecule has 4 rings (SSSR count). The molecule has 1 fully saturated rings. The number of carbonyl (C=O) groups is 2. The van der Waals surface area contributed by atoms with Crippen LogP contribution in [0.4, 0.5) is 0 Å². The fourth-order valence-electron chi connectivity index (χ4n) is 3.85. The van der Waals surface area contributed by atoms with Crippen molar-refractivity contribution in [1.29, 1.82) is 0 Å². The van der Waals surface area contributed by atoms with Crippen LogP contribution in [0.15, 0.2) is 54.5 Å². The Hall–Kier alpha value is -3.19. The van der Waals surface area contributed by atoms with E-state index in [1.165, 1.54) is 4.90 Å². The van der Waals surface area contributed by atoms with Gasteiger partial charge >= 0.3 is 0 Å². The first-order valence-electron chi connectivity index (χ1n) is 10.2. The first-order chi connectivity index (χ1) is 14.6. The fourth-order valence-corrected chi connectivity index (χ4v) is 3.85. The van der Waals surface area contributed by atoms with Crippen molar-refractivity contribution in [2.45, 2.75) is 13.5 Å². The summed E-state index contributed by atoms with van der Waals surface area (Å²) >= 11 is 0. The number of carbonyl (C=O) groups excluding carboxylic acids is 2. The van der Waals surface area contributed by atoms with Crippen molar-refractivity contribution in [3.05, 3.63) is 65.6 Å². The van der Waals surface area contributed by atoms with Crippen LogP contribution in [-0.4, -0.2) is 71.3 Å². The van der Waals surface area contributed by atoms with E-state index in [1.54, 1.807) is 12.4 Å². The molecule has 1 aromatic heterocycles. The normalized spacial score (nSPS) is 17.8. The average molecular weight is 406 g/mol. The van der Waals surface area contributed by atoms with Crippen molar-refractivity contribution in [3.63, 3.8) is 0 Å². The smallest absolute Gasteiger partial charge is 0.278 e. The van der Waals surface area contributed by atoms with E-state index < -0.39 is 0 Å². The lowest BCUT2D eigenvalue weighted by molar-refractivity contribution is -0.138. The lowest BCUT2D eigenvalue weighted by atomic mass is 10.0. The van der Waals surface area contributed by atoms with Crippen molar-refractivity contribution in [1.82, 2.24) is 19.7 Å². The Morgan fingerprint density at radius 3 is 2.23 bits per heavy atom. The van der Waals surface area contributed by atoms with Crippen molar-refractivity contribution in [2.24, 2.45) is 0 Å². The standard InChI is InChI=1S/C23H26N4O3/c1-3-30-19-6-4-18(5-7-19)20-21(26-14-12-25(2)13-15-26)23(29)27(22(20)28)16-17-8-10-24-11-9-17/h4-11H,3,12-16H2,1-2H3. The Bertz CT molecular complexity index is 948. The second-order valence-corrected chi connectivity index (χ2v) is 7.52. The third-order valence-electron chi connectivity index (χ3n) is 5.51. The molecule has 0 atom stereocenters. The van der Waals surface area contributed by atoms with Crippen molar-refractivity contribution < 1.29 is 14.3 Å². The van der Waals surface area contributed by atoms with Crippen LogP contribution in [-0.2, 0) is 16.1 Å². The van der Waals surface area contributed by atoms with Gasteiger partial charge in [0.15, 0.2) is 0 Å². The van der Waals surface area contributed by atoms with Crippen LogP contribution in [0.5, 0.6) is 5.75 Å². The summed E-state index contributed by atoms with van der Waals surface area (Å²) in [7, 11) is 2.07. The van der Waals surface area contributed by atoms with Gasteiger partial charge in [0.1, 0.15) is 11.4 Å². The van der Waals surface area contributed by atoms with Crippen LogP contribution in [0, 0.1) is 0 Å². The van der Waals surface area contributed by atoms with Crippen LogP contribution in [0.25, 0.3) is 5.57 Å². The summed E-state index contributed by atoms with van der Waals surface area (Å²) in [6.07, 6.45) is 3.34. The maximum atomic E-state index is 13.4. The summed E-state index contributed by atoms with van der Waals surface area (Å²) in [6, 6.07) is 11.1. The molecular weight excluding hydrogens is 380 g/mol. The van der Waals surface area contributed by atoms with Crippen LogP contribution in [0.1, 0.15) is 18.1 Å². The third-order valence-corrected chi connectivity index (χ3v) is 5.51. The number of ether oxygens (including phenoxy) is 1. The predicted octanol–water partition coefficient (Wildman–Crippen LogP) is 2.01. The molecule has 7 heteroatoms. The largest absolute Gasteiger partial charge is 0.494 e. The van der Waals surface area contributed by atoms with E-state index in [-0.39, 0.29) is 18.4 Å². The molecular formula is C23H26N4O3. The molecule has 0 aliphatic carbocycles. The number of rotatable bonds is 6. The number of likely N-dealkylation sites (N-methyl/N-ethyl adjacent to an activating group) is 1. The quantitative estimate of drug-likeness (QED) is 0.684. The summed E-state index contributed by atoms with van der Waals surface area (Å²) in [5, 5.41) is 0. The van der Waals surface area contributed by atoms with E-state index in [1.807, 2.05) is 43.3 Å². The highest BCUT2D eigenvalue weighted by Crippen LogP contribution is 2.33. The van der Waals surface area contributed by atoms with Crippen LogP contribution in [0.3, 0.4) is 0 Å². The fraction of sp³-hybridized carbons (Fsp3) is 0.348. The molecule has 2 amide bonds. The number of amides is 2. The lowest BCUT2D eigenvalue weighted by Gasteiger charge is -2.34. The van der Waals surface area contributed by atoms with E-state index in [2.05, 4.69) is 21.8 Å². The number of pyridine rings is 1. The molecule has 156 valence electrons. The molecule has 0 spiro atoms. The minimum absolute atomic E-state index is 0.231. The van der Waals surface area contributed by atoms with Gasteiger partial charge in [0.05, 0.1) is 18.7 Å². The maximum absolute atomic E-state index is 13.4. The minimum Gasteiger partial charge on any atom is -0.494 e. The van der Waals surface area contributed by atoms with Crippen molar-refractivity contribution >= 4 is 17.4 Å². The Morgan fingerprint density at radius 2 is 1.60 bits per heavy atom. The number of hydrogen-bond donors (Lipinski definition) is 0. The van der Waals surface area contributed by atoms with Gasteiger partial charge in [0.25, 0.3) is 11.8 Å². The molecule has 0 bridgehead atoms. The molecule has 2 aliphatic heterocycles. The second kappa shape index (κ2) is 8.67. The summed E-state index contributed by atoms with van der Waals surface area (Å²) < 4.78 is 5.53.